The first-order chi connectivity index (χ1) is 12.2. The number of benzene rings is 2. The zero-order valence-corrected chi connectivity index (χ0v) is 15.5. The molecule has 0 N–H and O–H groups in total. The molecule has 0 aliphatic rings. The van der Waals surface area contributed by atoms with Crippen LogP contribution in [0.1, 0.15) is 12.5 Å². The van der Waals surface area contributed by atoms with Gasteiger partial charge in [-0.1, -0.05) is 60.1 Å². The molecule has 3 aromatic rings. The standard InChI is InChI=1S/C20H18ClN3S/c1-3-13-24-19(17-7-5-4-6-8-17)14-25-20(24)23-22-15(2)16-9-11-18(21)12-10-16/h3-12,14H,1,13H2,2H3/b22-15-,23-20-. The molecule has 3 rings (SSSR count). The average Bonchev–Trinajstić information content (AvgIpc) is 3.04. The van der Waals surface area contributed by atoms with Gasteiger partial charge in [-0.15, -0.1) is 23.0 Å². The molecular weight excluding hydrogens is 350 g/mol. The summed E-state index contributed by atoms with van der Waals surface area (Å²) in [7, 11) is 0. The highest BCUT2D eigenvalue weighted by Gasteiger charge is 2.06. The maximum atomic E-state index is 5.93. The first-order valence-electron chi connectivity index (χ1n) is 7.88. The van der Waals surface area contributed by atoms with E-state index in [0.717, 1.165) is 27.3 Å². The third-order valence-corrected chi connectivity index (χ3v) is 4.83. The zero-order valence-electron chi connectivity index (χ0n) is 13.9. The highest BCUT2D eigenvalue weighted by Crippen LogP contribution is 2.19. The summed E-state index contributed by atoms with van der Waals surface area (Å²) < 4.78 is 2.12. The van der Waals surface area contributed by atoms with E-state index in [1.165, 1.54) is 0 Å². The van der Waals surface area contributed by atoms with E-state index in [9.17, 15) is 0 Å². The van der Waals surface area contributed by atoms with Crippen LogP contribution in [0.4, 0.5) is 0 Å². The summed E-state index contributed by atoms with van der Waals surface area (Å²) in [5, 5.41) is 11.7. The first-order valence-corrected chi connectivity index (χ1v) is 9.13. The fourth-order valence-corrected chi connectivity index (χ4v) is 3.42. The van der Waals surface area contributed by atoms with Gasteiger partial charge >= 0.3 is 0 Å². The van der Waals surface area contributed by atoms with E-state index in [4.69, 9.17) is 11.6 Å². The predicted octanol–water partition coefficient (Wildman–Crippen LogP) is 5.38. The summed E-state index contributed by atoms with van der Waals surface area (Å²) >= 11 is 7.50. The van der Waals surface area contributed by atoms with Gasteiger partial charge in [0.15, 0.2) is 0 Å². The molecule has 1 heterocycles. The van der Waals surface area contributed by atoms with E-state index in [0.29, 0.717) is 11.6 Å². The Labute approximate surface area is 156 Å². The lowest BCUT2D eigenvalue weighted by Crippen LogP contribution is -2.15. The first kappa shape index (κ1) is 17.4. The monoisotopic (exact) mass is 367 g/mol. The molecule has 0 saturated heterocycles. The Kier molecular flexibility index (Phi) is 5.64. The molecule has 0 radical (unpaired) electrons. The van der Waals surface area contributed by atoms with Crippen LogP contribution in [0.3, 0.4) is 0 Å². The molecular formula is C20H18ClN3S. The van der Waals surface area contributed by atoms with Gasteiger partial charge in [-0.25, -0.2) is 0 Å². The largest absolute Gasteiger partial charge is 0.311 e. The molecule has 0 atom stereocenters. The lowest BCUT2D eigenvalue weighted by molar-refractivity contribution is 0.788. The van der Waals surface area contributed by atoms with Crippen molar-refractivity contribution >= 4 is 28.6 Å². The van der Waals surface area contributed by atoms with Crippen LogP contribution in [0.25, 0.3) is 11.3 Å². The lowest BCUT2D eigenvalue weighted by Gasteiger charge is -2.05. The van der Waals surface area contributed by atoms with Gasteiger partial charge in [0.1, 0.15) is 0 Å². The quantitative estimate of drug-likeness (QED) is 0.329. The number of rotatable bonds is 5. The highest BCUT2D eigenvalue weighted by molar-refractivity contribution is 7.07. The van der Waals surface area contributed by atoms with Gasteiger partial charge in [-0.2, -0.15) is 5.10 Å². The predicted molar refractivity (Wildman–Crippen MR) is 107 cm³/mol. The Balaban J connectivity index is 2.00. The molecule has 0 fully saturated rings. The number of aromatic nitrogens is 1. The highest BCUT2D eigenvalue weighted by atomic mass is 35.5. The zero-order chi connectivity index (χ0) is 17.6. The molecule has 0 aliphatic carbocycles. The van der Waals surface area contributed by atoms with E-state index in [1.807, 2.05) is 55.5 Å². The van der Waals surface area contributed by atoms with Gasteiger partial charge in [0.25, 0.3) is 0 Å². The van der Waals surface area contributed by atoms with Gasteiger partial charge in [0.2, 0.25) is 4.80 Å². The molecule has 0 spiro atoms. The Morgan fingerprint density at radius 2 is 1.88 bits per heavy atom. The van der Waals surface area contributed by atoms with Crippen molar-refractivity contribution in [2.75, 3.05) is 0 Å². The van der Waals surface area contributed by atoms with E-state index in [-0.39, 0.29) is 0 Å². The molecule has 25 heavy (non-hydrogen) atoms. The van der Waals surface area contributed by atoms with Gasteiger partial charge in [0.05, 0.1) is 11.4 Å². The van der Waals surface area contributed by atoms with Crippen LogP contribution >= 0.6 is 22.9 Å². The smallest absolute Gasteiger partial charge is 0.211 e. The molecule has 0 saturated carbocycles. The van der Waals surface area contributed by atoms with Crippen molar-refractivity contribution in [3.8, 4) is 11.3 Å². The third-order valence-electron chi connectivity index (χ3n) is 3.73. The molecule has 5 heteroatoms. The maximum Gasteiger partial charge on any atom is 0.211 e. The second kappa shape index (κ2) is 8.10. The fourth-order valence-electron chi connectivity index (χ4n) is 2.42. The maximum absolute atomic E-state index is 5.93. The summed E-state index contributed by atoms with van der Waals surface area (Å²) in [4.78, 5) is 0.840. The molecule has 1 aromatic heterocycles. The van der Waals surface area contributed by atoms with Crippen molar-refractivity contribution in [2.45, 2.75) is 13.5 Å². The van der Waals surface area contributed by atoms with E-state index >= 15 is 0 Å². The normalized spacial score (nSPS) is 12.4. The topological polar surface area (TPSA) is 29.6 Å². The lowest BCUT2D eigenvalue weighted by atomic mass is 10.1. The van der Waals surface area contributed by atoms with Crippen molar-refractivity contribution < 1.29 is 0 Å². The Morgan fingerprint density at radius 3 is 2.56 bits per heavy atom. The van der Waals surface area contributed by atoms with Crippen LogP contribution in [0, 0.1) is 0 Å². The SMILES string of the molecule is C=CCn1c(-c2ccccc2)cs/c1=N\N=C(\C)c1ccc(Cl)cc1. The number of thiazole rings is 1. The van der Waals surface area contributed by atoms with Crippen molar-refractivity contribution in [2.24, 2.45) is 10.2 Å². The average molecular weight is 368 g/mol. The second-order valence-electron chi connectivity index (χ2n) is 5.46. The molecule has 3 nitrogen and oxygen atoms in total. The Hall–Kier alpha value is -2.43. The van der Waals surface area contributed by atoms with Crippen molar-refractivity contribution in [3.05, 3.63) is 88.0 Å². The summed E-state index contributed by atoms with van der Waals surface area (Å²) in [6.07, 6.45) is 1.87. The number of allylic oxidation sites excluding steroid dienone is 1. The number of nitrogens with zero attached hydrogens (tertiary/aromatic N) is 3. The molecule has 2 aromatic carbocycles. The van der Waals surface area contributed by atoms with E-state index in [1.54, 1.807) is 11.3 Å². The Morgan fingerprint density at radius 1 is 1.16 bits per heavy atom. The van der Waals surface area contributed by atoms with Crippen LogP contribution < -0.4 is 4.80 Å². The fraction of sp³-hybridized carbons (Fsp3) is 0.100. The van der Waals surface area contributed by atoms with Gasteiger partial charge < -0.3 is 4.57 Å². The summed E-state index contributed by atoms with van der Waals surface area (Å²) in [6.45, 7) is 6.48. The number of hydrogen-bond acceptors (Lipinski definition) is 3. The third kappa shape index (κ3) is 4.16. The minimum atomic E-state index is 0.683. The molecule has 0 bridgehead atoms. The van der Waals surface area contributed by atoms with Gasteiger partial charge in [0, 0.05) is 16.9 Å². The number of halogens is 1. The summed E-state index contributed by atoms with van der Waals surface area (Å²) in [6, 6.07) is 17.9. The van der Waals surface area contributed by atoms with Gasteiger partial charge in [-0.05, 0) is 30.2 Å². The van der Waals surface area contributed by atoms with Gasteiger partial charge in [-0.3, -0.25) is 0 Å². The molecule has 0 unspecified atom stereocenters. The molecule has 126 valence electrons. The Bertz CT molecular complexity index is 951. The van der Waals surface area contributed by atoms with Crippen molar-refractivity contribution in [1.82, 2.24) is 4.57 Å². The van der Waals surface area contributed by atoms with Crippen LogP contribution in [0.2, 0.25) is 5.02 Å². The second-order valence-corrected chi connectivity index (χ2v) is 6.73. The van der Waals surface area contributed by atoms with Crippen LogP contribution in [0.5, 0.6) is 0 Å². The molecule has 0 aliphatic heterocycles. The van der Waals surface area contributed by atoms with Crippen LogP contribution in [-0.2, 0) is 6.54 Å². The summed E-state index contributed by atoms with van der Waals surface area (Å²) in [5.74, 6) is 0. The summed E-state index contributed by atoms with van der Waals surface area (Å²) in [5.41, 5.74) is 4.11. The van der Waals surface area contributed by atoms with E-state index in [2.05, 4.69) is 38.9 Å². The number of hydrogen-bond donors (Lipinski definition) is 0. The minimum absolute atomic E-state index is 0.683. The van der Waals surface area contributed by atoms with Crippen molar-refractivity contribution in [1.29, 1.82) is 0 Å². The minimum Gasteiger partial charge on any atom is -0.311 e. The van der Waals surface area contributed by atoms with Crippen LogP contribution in [0.15, 0.2) is 82.8 Å². The molecule has 0 amide bonds. The van der Waals surface area contributed by atoms with E-state index < -0.39 is 0 Å². The van der Waals surface area contributed by atoms with Crippen LogP contribution in [-0.4, -0.2) is 10.3 Å². The van der Waals surface area contributed by atoms with Crippen molar-refractivity contribution in [3.63, 3.8) is 0 Å².